The molecular weight excluding hydrogens is 252 g/mol. The highest BCUT2D eigenvalue weighted by Crippen LogP contribution is 2.22. The van der Waals surface area contributed by atoms with E-state index >= 15 is 0 Å². The summed E-state index contributed by atoms with van der Waals surface area (Å²) in [4.78, 5) is 11.1. The molecule has 1 fully saturated rings. The predicted molar refractivity (Wildman–Crippen MR) is 82.5 cm³/mol. The molecule has 1 aromatic rings. The van der Waals surface area contributed by atoms with Gasteiger partial charge in [-0.1, -0.05) is 20.3 Å². The molecule has 1 unspecified atom stereocenters. The SMILES string of the molecule is CCCc1c(NN)ncnc1NCC1CCN(CC)C1. The summed E-state index contributed by atoms with van der Waals surface area (Å²) in [6, 6.07) is 0. The number of hydrogen-bond donors (Lipinski definition) is 3. The van der Waals surface area contributed by atoms with Crippen LogP contribution in [0.1, 0.15) is 32.3 Å². The monoisotopic (exact) mass is 278 g/mol. The summed E-state index contributed by atoms with van der Waals surface area (Å²) in [5.41, 5.74) is 3.75. The van der Waals surface area contributed by atoms with Crippen molar-refractivity contribution in [1.29, 1.82) is 0 Å². The maximum Gasteiger partial charge on any atom is 0.148 e. The van der Waals surface area contributed by atoms with Crippen LogP contribution in [0.4, 0.5) is 11.6 Å². The van der Waals surface area contributed by atoms with Crippen LogP contribution in [0.25, 0.3) is 0 Å². The second-order valence-corrected chi connectivity index (χ2v) is 5.37. The van der Waals surface area contributed by atoms with Gasteiger partial charge in [0.1, 0.15) is 18.0 Å². The molecule has 0 aromatic carbocycles. The third kappa shape index (κ3) is 3.58. The first-order chi connectivity index (χ1) is 9.78. The Bertz CT molecular complexity index is 422. The van der Waals surface area contributed by atoms with Gasteiger partial charge in [-0.05, 0) is 31.8 Å². The van der Waals surface area contributed by atoms with Crippen molar-refractivity contribution < 1.29 is 0 Å². The van der Waals surface area contributed by atoms with E-state index in [9.17, 15) is 0 Å². The van der Waals surface area contributed by atoms with Gasteiger partial charge in [-0.25, -0.2) is 15.8 Å². The highest BCUT2D eigenvalue weighted by molar-refractivity contribution is 5.56. The minimum absolute atomic E-state index is 0.702. The lowest BCUT2D eigenvalue weighted by Crippen LogP contribution is -2.23. The van der Waals surface area contributed by atoms with Gasteiger partial charge in [0.15, 0.2) is 0 Å². The van der Waals surface area contributed by atoms with Gasteiger partial charge in [-0.15, -0.1) is 0 Å². The van der Waals surface area contributed by atoms with Crippen LogP contribution in [-0.2, 0) is 6.42 Å². The van der Waals surface area contributed by atoms with Crippen molar-refractivity contribution in [3.63, 3.8) is 0 Å². The van der Waals surface area contributed by atoms with Crippen molar-refractivity contribution in [2.75, 3.05) is 36.9 Å². The summed E-state index contributed by atoms with van der Waals surface area (Å²) in [5, 5.41) is 3.49. The number of nitrogens with two attached hydrogens (primary N) is 1. The molecule has 0 spiro atoms. The molecular formula is C14H26N6. The van der Waals surface area contributed by atoms with Crippen LogP contribution >= 0.6 is 0 Å². The molecule has 1 aliphatic rings. The van der Waals surface area contributed by atoms with Crippen LogP contribution in [0.3, 0.4) is 0 Å². The average molecular weight is 278 g/mol. The summed E-state index contributed by atoms with van der Waals surface area (Å²) in [6.45, 7) is 8.87. The summed E-state index contributed by atoms with van der Waals surface area (Å²) in [7, 11) is 0. The van der Waals surface area contributed by atoms with E-state index in [0.717, 1.165) is 43.1 Å². The lowest BCUT2D eigenvalue weighted by Gasteiger charge is -2.16. The number of anilines is 2. The third-order valence-corrected chi connectivity index (χ3v) is 3.96. The largest absolute Gasteiger partial charge is 0.369 e. The Morgan fingerprint density at radius 1 is 1.35 bits per heavy atom. The fraction of sp³-hybridized carbons (Fsp3) is 0.714. The Hall–Kier alpha value is -1.40. The van der Waals surface area contributed by atoms with Crippen molar-refractivity contribution in [1.82, 2.24) is 14.9 Å². The molecule has 2 rings (SSSR count). The zero-order valence-electron chi connectivity index (χ0n) is 12.5. The molecule has 6 nitrogen and oxygen atoms in total. The molecule has 0 radical (unpaired) electrons. The van der Waals surface area contributed by atoms with Crippen LogP contribution in [0.2, 0.25) is 0 Å². The van der Waals surface area contributed by atoms with Crippen LogP contribution in [-0.4, -0.2) is 41.0 Å². The molecule has 1 atom stereocenters. The van der Waals surface area contributed by atoms with Crippen molar-refractivity contribution in [3.8, 4) is 0 Å². The second kappa shape index (κ2) is 7.40. The van der Waals surface area contributed by atoms with Gasteiger partial charge in [-0.2, -0.15) is 0 Å². The first-order valence-corrected chi connectivity index (χ1v) is 7.55. The van der Waals surface area contributed by atoms with E-state index in [-0.39, 0.29) is 0 Å². The molecule has 20 heavy (non-hydrogen) atoms. The van der Waals surface area contributed by atoms with Gasteiger partial charge < -0.3 is 15.6 Å². The molecule has 4 N–H and O–H groups in total. The lowest BCUT2D eigenvalue weighted by molar-refractivity contribution is 0.345. The topological polar surface area (TPSA) is 79.1 Å². The number of aromatic nitrogens is 2. The number of likely N-dealkylation sites (tertiary alicyclic amines) is 1. The molecule has 0 saturated carbocycles. The van der Waals surface area contributed by atoms with E-state index in [0.29, 0.717) is 5.92 Å². The highest BCUT2D eigenvalue weighted by Gasteiger charge is 2.21. The predicted octanol–water partition coefficient (Wildman–Crippen LogP) is 1.47. The molecule has 6 heteroatoms. The molecule has 0 bridgehead atoms. The Morgan fingerprint density at radius 2 is 2.15 bits per heavy atom. The van der Waals surface area contributed by atoms with Crippen molar-refractivity contribution in [2.24, 2.45) is 11.8 Å². The Balaban J connectivity index is 1.98. The summed E-state index contributed by atoms with van der Waals surface area (Å²) >= 11 is 0. The van der Waals surface area contributed by atoms with Crippen molar-refractivity contribution in [2.45, 2.75) is 33.1 Å². The molecule has 1 aliphatic heterocycles. The Kier molecular flexibility index (Phi) is 5.55. The number of hydrogen-bond acceptors (Lipinski definition) is 6. The first kappa shape index (κ1) is 15.0. The average Bonchev–Trinajstić information content (AvgIpc) is 2.94. The maximum absolute atomic E-state index is 5.53. The van der Waals surface area contributed by atoms with Gasteiger partial charge in [0.25, 0.3) is 0 Å². The Morgan fingerprint density at radius 3 is 2.80 bits per heavy atom. The maximum atomic E-state index is 5.53. The van der Waals surface area contributed by atoms with Gasteiger partial charge in [0.05, 0.1) is 0 Å². The van der Waals surface area contributed by atoms with Crippen molar-refractivity contribution >= 4 is 11.6 Å². The molecule has 2 heterocycles. The van der Waals surface area contributed by atoms with Crippen LogP contribution in [0.5, 0.6) is 0 Å². The van der Waals surface area contributed by atoms with E-state index < -0.39 is 0 Å². The number of hydrazine groups is 1. The summed E-state index contributed by atoms with van der Waals surface area (Å²) in [6.07, 6.45) is 4.79. The normalized spacial score (nSPS) is 19.2. The fourth-order valence-corrected chi connectivity index (χ4v) is 2.78. The summed E-state index contributed by atoms with van der Waals surface area (Å²) in [5.74, 6) is 7.88. The number of nitrogen functional groups attached to an aromatic ring is 1. The first-order valence-electron chi connectivity index (χ1n) is 7.55. The molecule has 112 valence electrons. The van der Waals surface area contributed by atoms with Gasteiger partial charge >= 0.3 is 0 Å². The highest BCUT2D eigenvalue weighted by atomic mass is 15.3. The summed E-state index contributed by atoms with van der Waals surface area (Å²) < 4.78 is 0. The van der Waals surface area contributed by atoms with E-state index in [1.807, 2.05) is 0 Å². The number of rotatable bonds is 7. The molecule has 0 amide bonds. The minimum atomic E-state index is 0.702. The minimum Gasteiger partial charge on any atom is -0.369 e. The molecule has 1 aromatic heterocycles. The smallest absolute Gasteiger partial charge is 0.148 e. The van der Waals surface area contributed by atoms with E-state index in [2.05, 4.69) is 39.5 Å². The fourth-order valence-electron chi connectivity index (χ4n) is 2.78. The Labute approximate surface area is 121 Å². The second-order valence-electron chi connectivity index (χ2n) is 5.37. The molecule has 0 aliphatic carbocycles. The van der Waals surface area contributed by atoms with E-state index in [1.165, 1.54) is 19.5 Å². The van der Waals surface area contributed by atoms with Crippen molar-refractivity contribution in [3.05, 3.63) is 11.9 Å². The van der Waals surface area contributed by atoms with Crippen LogP contribution < -0.4 is 16.6 Å². The van der Waals surface area contributed by atoms with Gasteiger partial charge in [0, 0.05) is 18.7 Å². The molecule has 1 saturated heterocycles. The number of nitrogens with zero attached hydrogens (tertiary/aromatic N) is 3. The van der Waals surface area contributed by atoms with E-state index in [1.54, 1.807) is 6.33 Å². The number of nitrogens with one attached hydrogen (secondary N) is 2. The quantitative estimate of drug-likeness (QED) is 0.518. The lowest BCUT2D eigenvalue weighted by atomic mass is 10.1. The van der Waals surface area contributed by atoms with Gasteiger partial charge in [-0.3, -0.25) is 0 Å². The van der Waals surface area contributed by atoms with Gasteiger partial charge in [0.2, 0.25) is 0 Å². The zero-order valence-corrected chi connectivity index (χ0v) is 12.5. The third-order valence-electron chi connectivity index (χ3n) is 3.96. The van der Waals surface area contributed by atoms with E-state index in [4.69, 9.17) is 5.84 Å². The zero-order chi connectivity index (χ0) is 14.4. The van der Waals surface area contributed by atoms with Crippen LogP contribution in [0, 0.1) is 5.92 Å². The standard InChI is InChI=1S/C14H26N6/c1-3-5-12-13(17-10-18-14(12)19-15)16-8-11-6-7-20(4-2)9-11/h10-11H,3-9,15H2,1-2H3,(H2,16,17,18,19). The van der Waals surface area contributed by atoms with Crippen LogP contribution in [0.15, 0.2) is 6.33 Å².